The van der Waals surface area contributed by atoms with Gasteiger partial charge in [0, 0.05) is 5.56 Å². The van der Waals surface area contributed by atoms with Crippen LogP contribution in [0.15, 0.2) is 17.1 Å². The van der Waals surface area contributed by atoms with Gasteiger partial charge in [0.05, 0.1) is 17.3 Å². The number of anilines is 3. The van der Waals surface area contributed by atoms with Crippen LogP contribution in [0.5, 0.6) is 11.5 Å². The molecule has 1 unspecified atom stereocenters. The van der Waals surface area contributed by atoms with Gasteiger partial charge < -0.3 is 26.6 Å². The van der Waals surface area contributed by atoms with Crippen molar-refractivity contribution < 1.29 is 9.84 Å². The third-order valence-electron chi connectivity index (χ3n) is 4.02. The van der Waals surface area contributed by atoms with Gasteiger partial charge in [-0.3, -0.25) is 5.32 Å². The van der Waals surface area contributed by atoms with Crippen LogP contribution < -0.4 is 26.8 Å². The molecule has 0 saturated carbocycles. The molecule has 7 N–H and O–H groups in total. The number of nitrogens with zero attached hydrogens (tertiary/aromatic N) is 4. The van der Waals surface area contributed by atoms with Gasteiger partial charge in [0.15, 0.2) is 17.7 Å². The fraction of sp³-hybridized carbons (Fsp3) is 0.176. The third kappa shape index (κ3) is 3.13. The van der Waals surface area contributed by atoms with Crippen LogP contribution >= 0.6 is 11.6 Å². The summed E-state index contributed by atoms with van der Waals surface area (Å²) in [5.74, 6) is 0.258. The topological polar surface area (TPSA) is 178 Å². The van der Waals surface area contributed by atoms with Crippen LogP contribution in [0.25, 0.3) is 0 Å². The number of phenols is 1. The summed E-state index contributed by atoms with van der Waals surface area (Å²) >= 11 is 6.14. The molecule has 28 heavy (non-hydrogen) atoms. The second-order valence-corrected chi connectivity index (χ2v) is 6.09. The van der Waals surface area contributed by atoms with Crippen LogP contribution in [0.3, 0.4) is 0 Å². The first-order valence-corrected chi connectivity index (χ1v) is 8.43. The number of ether oxygens (including phenoxy) is 1. The molecule has 0 bridgehead atoms. The molecule has 0 fully saturated rings. The first-order chi connectivity index (χ1) is 13.4. The molecule has 1 aromatic heterocycles. The monoisotopic (exact) mass is 398 g/mol. The molecule has 2 aromatic rings. The predicted octanol–water partition coefficient (Wildman–Crippen LogP) is 1.82. The van der Waals surface area contributed by atoms with Gasteiger partial charge in [-0.15, -0.1) is 0 Å². The number of nitrogens with one attached hydrogen (secondary N) is 2. The first-order valence-electron chi connectivity index (χ1n) is 8.05. The van der Waals surface area contributed by atoms with Crippen LogP contribution in [0, 0.1) is 22.8 Å². The highest BCUT2D eigenvalue weighted by Gasteiger charge is 2.30. The predicted molar refractivity (Wildman–Crippen MR) is 104 cm³/mol. The van der Waals surface area contributed by atoms with Crippen molar-refractivity contribution in [2.75, 3.05) is 23.4 Å². The van der Waals surface area contributed by atoms with Crippen molar-refractivity contribution in [1.82, 2.24) is 10.3 Å². The normalized spacial score (nSPS) is 14.7. The molecule has 2 heterocycles. The summed E-state index contributed by atoms with van der Waals surface area (Å²) < 4.78 is 5.42. The highest BCUT2D eigenvalue weighted by molar-refractivity contribution is 6.32. The lowest BCUT2D eigenvalue weighted by Crippen LogP contribution is -2.32. The summed E-state index contributed by atoms with van der Waals surface area (Å²) in [5.41, 5.74) is 13.0. The number of hydrogen-bond acceptors (Lipinski definition) is 10. The Hall–Kier alpha value is -3.89. The van der Waals surface area contributed by atoms with E-state index in [9.17, 15) is 10.4 Å². The average Bonchev–Trinajstić information content (AvgIpc) is 2.65. The van der Waals surface area contributed by atoms with Gasteiger partial charge in [-0.2, -0.15) is 10.5 Å². The number of benzene rings is 1. The van der Waals surface area contributed by atoms with Gasteiger partial charge in [-0.1, -0.05) is 11.6 Å². The number of guanidine groups is 1. The SMILES string of the molecule is CCOc1cc(C2N=C(NC#N)Nc3nc(N)c(C#N)c(N)c32)cc(Cl)c1O. The summed E-state index contributed by atoms with van der Waals surface area (Å²) in [6, 6.07) is 4.19. The average molecular weight is 399 g/mol. The summed E-state index contributed by atoms with van der Waals surface area (Å²) in [6.07, 6.45) is 1.77. The molecule has 1 aliphatic heterocycles. The highest BCUT2D eigenvalue weighted by atomic mass is 35.5. The lowest BCUT2D eigenvalue weighted by atomic mass is 9.95. The molecule has 0 radical (unpaired) electrons. The number of aromatic hydroxyl groups is 1. The van der Waals surface area contributed by atoms with Gasteiger partial charge in [0.1, 0.15) is 29.3 Å². The van der Waals surface area contributed by atoms with Crippen molar-refractivity contribution >= 4 is 34.9 Å². The molecule has 10 nitrogen and oxygen atoms in total. The van der Waals surface area contributed by atoms with E-state index in [4.69, 9.17) is 33.1 Å². The molecule has 0 aliphatic carbocycles. The van der Waals surface area contributed by atoms with E-state index in [1.54, 1.807) is 19.2 Å². The number of nitrogen functional groups attached to an aromatic ring is 2. The van der Waals surface area contributed by atoms with E-state index in [0.29, 0.717) is 17.7 Å². The zero-order chi connectivity index (χ0) is 20.4. The number of nitrogens with two attached hydrogens (primary N) is 2. The highest BCUT2D eigenvalue weighted by Crippen LogP contribution is 2.44. The second-order valence-electron chi connectivity index (χ2n) is 5.68. The Balaban J connectivity index is 2.26. The first kappa shape index (κ1) is 18.9. The van der Waals surface area contributed by atoms with E-state index in [1.807, 2.05) is 6.07 Å². The molecule has 11 heteroatoms. The molecular weight excluding hydrogens is 384 g/mol. The van der Waals surface area contributed by atoms with E-state index < -0.39 is 6.04 Å². The van der Waals surface area contributed by atoms with Gasteiger partial charge in [0.25, 0.3) is 0 Å². The Morgan fingerprint density at radius 3 is 2.79 bits per heavy atom. The van der Waals surface area contributed by atoms with Gasteiger partial charge in [0.2, 0.25) is 5.96 Å². The van der Waals surface area contributed by atoms with E-state index >= 15 is 0 Å². The second kappa shape index (κ2) is 7.39. The zero-order valence-corrected chi connectivity index (χ0v) is 15.4. The van der Waals surface area contributed by atoms with E-state index in [2.05, 4.69) is 20.6 Å². The van der Waals surface area contributed by atoms with Crippen molar-refractivity contribution in [3.8, 4) is 23.8 Å². The van der Waals surface area contributed by atoms with Gasteiger partial charge in [-0.05, 0) is 24.6 Å². The third-order valence-corrected chi connectivity index (χ3v) is 4.31. The minimum absolute atomic E-state index is 0.0207. The zero-order valence-electron chi connectivity index (χ0n) is 14.6. The van der Waals surface area contributed by atoms with Gasteiger partial charge in [-0.25, -0.2) is 9.98 Å². The number of aliphatic imine (C=N–C) groups is 1. The maximum atomic E-state index is 10.1. The van der Waals surface area contributed by atoms with E-state index in [0.717, 1.165) is 0 Å². The van der Waals surface area contributed by atoms with Crippen LogP contribution in [-0.4, -0.2) is 22.7 Å². The van der Waals surface area contributed by atoms with Crippen molar-refractivity contribution in [3.63, 3.8) is 0 Å². The minimum Gasteiger partial charge on any atom is -0.503 e. The van der Waals surface area contributed by atoms with Crippen molar-refractivity contribution in [2.45, 2.75) is 13.0 Å². The summed E-state index contributed by atoms with van der Waals surface area (Å²) in [6.45, 7) is 2.07. The molecule has 1 atom stereocenters. The van der Waals surface area contributed by atoms with Crippen LogP contribution in [0.2, 0.25) is 5.02 Å². The standard InChI is InChI=1S/C17H15ClN8O2/c1-2-28-10-4-7(3-9(18)14(10)27)13-11-12(21)8(5-19)15(22)25-16(11)26-17(24-13)23-6-20/h3-4,13,27H,2H2,1H3,(H6,21,22,23,24,25,26). The number of pyridine rings is 1. The number of halogens is 1. The fourth-order valence-electron chi connectivity index (χ4n) is 2.84. The number of hydrogen-bond donors (Lipinski definition) is 5. The number of fused-ring (bicyclic) bond motifs is 1. The minimum atomic E-state index is -0.787. The van der Waals surface area contributed by atoms with Gasteiger partial charge >= 0.3 is 0 Å². The Labute approximate surface area is 165 Å². The molecule has 142 valence electrons. The lowest BCUT2D eigenvalue weighted by Gasteiger charge is -2.26. The van der Waals surface area contributed by atoms with Crippen molar-refractivity contribution in [2.24, 2.45) is 4.99 Å². The molecule has 1 aromatic carbocycles. The number of nitriles is 2. The van der Waals surface area contributed by atoms with E-state index in [-0.39, 0.29) is 45.4 Å². The number of rotatable bonds is 3. The van der Waals surface area contributed by atoms with Crippen LogP contribution in [-0.2, 0) is 0 Å². The van der Waals surface area contributed by atoms with Crippen LogP contribution in [0.1, 0.15) is 29.7 Å². The molecule has 0 spiro atoms. The summed E-state index contributed by atoms with van der Waals surface area (Å²) in [5, 5.41) is 33.7. The molecule has 0 saturated heterocycles. The Morgan fingerprint density at radius 2 is 2.14 bits per heavy atom. The lowest BCUT2D eigenvalue weighted by molar-refractivity contribution is 0.317. The largest absolute Gasteiger partial charge is 0.503 e. The number of phenolic OH excluding ortho intramolecular Hbond substituents is 1. The van der Waals surface area contributed by atoms with Crippen molar-refractivity contribution in [3.05, 3.63) is 33.8 Å². The number of aromatic nitrogens is 1. The quantitative estimate of drug-likeness (QED) is 0.380. The Bertz CT molecular complexity index is 1070. The smallest absolute Gasteiger partial charge is 0.211 e. The summed E-state index contributed by atoms with van der Waals surface area (Å²) in [4.78, 5) is 8.60. The fourth-order valence-corrected chi connectivity index (χ4v) is 3.06. The van der Waals surface area contributed by atoms with Crippen LogP contribution in [0.4, 0.5) is 17.3 Å². The molecular formula is C17H15ClN8O2. The summed E-state index contributed by atoms with van der Waals surface area (Å²) in [7, 11) is 0. The Morgan fingerprint density at radius 1 is 1.39 bits per heavy atom. The molecule has 1 aliphatic rings. The van der Waals surface area contributed by atoms with E-state index in [1.165, 1.54) is 6.07 Å². The Kier molecular flexibility index (Phi) is 4.98. The molecule has 0 amide bonds. The molecule has 3 rings (SSSR count). The van der Waals surface area contributed by atoms with Crippen molar-refractivity contribution in [1.29, 1.82) is 10.5 Å². The maximum absolute atomic E-state index is 10.1. The maximum Gasteiger partial charge on any atom is 0.211 e.